The molecule has 3 aromatic rings. The Hall–Kier alpha value is -2.85. The molecule has 3 atom stereocenters. The standard InChI is InChI=1S/C23H22N2O2/c26-22-14-21-17-9-3-4-10-18(17)23(27)25(21)13-12-20(22)24-19-11-5-7-15-6-1-2-8-16(15)19/h1-11,20-22,24,26H,12-14H2/t20-,21+,22-/m1/s1. The van der Waals surface area contributed by atoms with E-state index >= 15 is 0 Å². The summed E-state index contributed by atoms with van der Waals surface area (Å²) in [5.74, 6) is 0.0913. The molecule has 4 nitrogen and oxygen atoms in total. The number of anilines is 1. The predicted octanol–water partition coefficient (Wildman–Crippen LogP) is 3.97. The molecule has 5 rings (SSSR count). The summed E-state index contributed by atoms with van der Waals surface area (Å²) in [5.41, 5.74) is 2.87. The van der Waals surface area contributed by atoms with E-state index in [9.17, 15) is 9.90 Å². The van der Waals surface area contributed by atoms with Gasteiger partial charge in [0.15, 0.2) is 0 Å². The molecule has 2 aliphatic rings. The van der Waals surface area contributed by atoms with Gasteiger partial charge in [-0.1, -0.05) is 54.6 Å². The Labute approximate surface area is 158 Å². The van der Waals surface area contributed by atoms with E-state index in [1.54, 1.807) is 0 Å². The molecule has 1 saturated heterocycles. The van der Waals surface area contributed by atoms with Gasteiger partial charge >= 0.3 is 0 Å². The van der Waals surface area contributed by atoms with Crippen LogP contribution in [0.15, 0.2) is 66.7 Å². The topological polar surface area (TPSA) is 52.6 Å². The van der Waals surface area contributed by atoms with Crippen LogP contribution in [0.25, 0.3) is 10.8 Å². The summed E-state index contributed by atoms with van der Waals surface area (Å²) in [6.07, 6.45) is 0.768. The lowest BCUT2D eigenvalue weighted by molar-refractivity contribution is 0.0705. The van der Waals surface area contributed by atoms with Gasteiger partial charge in [0.25, 0.3) is 5.91 Å². The van der Waals surface area contributed by atoms with E-state index < -0.39 is 6.10 Å². The fraction of sp³-hybridized carbons (Fsp3) is 0.261. The summed E-state index contributed by atoms with van der Waals surface area (Å²) in [6.45, 7) is 0.650. The molecule has 1 amide bonds. The molecule has 1 fully saturated rings. The molecule has 4 heteroatoms. The predicted molar refractivity (Wildman–Crippen MR) is 107 cm³/mol. The van der Waals surface area contributed by atoms with E-state index in [1.807, 2.05) is 47.4 Å². The molecule has 27 heavy (non-hydrogen) atoms. The summed E-state index contributed by atoms with van der Waals surface area (Å²) in [6, 6.07) is 22.1. The van der Waals surface area contributed by atoms with Crippen molar-refractivity contribution in [2.24, 2.45) is 0 Å². The number of hydrogen-bond acceptors (Lipinski definition) is 3. The highest BCUT2D eigenvalue weighted by Crippen LogP contribution is 2.39. The summed E-state index contributed by atoms with van der Waals surface area (Å²) in [4.78, 5) is 14.7. The summed E-state index contributed by atoms with van der Waals surface area (Å²) in [7, 11) is 0. The van der Waals surface area contributed by atoms with Crippen LogP contribution in [0.3, 0.4) is 0 Å². The first-order valence-electron chi connectivity index (χ1n) is 9.54. The first-order valence-corrected chi connectivity index (χ1v) is 9.54. The molecule has 0 saturated carbocycles. The molecule has 2 N–H and O–H groups in total. The van der Waals surface area contributed by atoms with Crippen LogP contribution in [-0.2, 0) is 0 Å². The number of fused-ring (bicyclic) bond motifs is 4. The molecule has 136 valence electrons. The van der Waals surface area contributed by atoms with E-state index in [2.05, 4.69) is 29.6 Å². The number of amides is 1. The molecule has 0 unspecified atom stereocenters. The first kappa shape index (κ1) is 16.3. The zero-order valence-electron chi connectivity index (χ0n) is 15.0. The fourth-order valence-electron chi connectivity index (χ4n) is 4.54. The number of rotatable bonds is 2. The normalized spacial score (nSPS) is 24.4. The van der Waals surface area contributed by atoms with Crippen molar-refractivity contribution in [2.75, 3.05) is 11.9 Å². The van der Waals surface area contributed by atoms with E-state index in [1.165, 1.54) is 5.39 Å². The van der Waals surface area contributed by atoms with Gasteiger partial charge in [0, 0.05) is 23.2 Å². The van der Waals surface area contributed by atoms with Gasteiger partial charge in [0.05, 0.1) is 18.2 Å². The van der Waals surface area contributed by atoms with E-state index in [0.717, 1.165) is 28.6 Å². The van der Waals surface area contributed by atoms with Crippen molar-refractivity contribution < 1.29 is 9.90 Å². The highest BCUT2D eigenvalue weighted by Gasteiger charge is 2.41. The molecule has 0 bridgehead atoms. The Morgan fingerprint density at radius 1 is 0.963 bits per heavy atom. The number of carbonyl (C=O) groups is 1. The second-order valence-corrected chi connectivity index (χ2v) is 7.47. The van der Waals surface area contributed by atoms with Crippen molar-refractivity contribution in [3.63, 3.8) is 0 Å². The van der Waals surface area contributed by atoms with Gasteiger partial charge < -0.3 is 15.3 Å². The van der Waals surface area contributed by atoms with Crippen molar-refractivity contribution in [3.8, 4) is 0 Å². The number of nitrogens with zero attached hydrogens (tertiary/aromatic N) is 1. The van der Waals surface area contributed by atoms with Crippen LogP contribution < -0.4 is 5.32 Å². The molecule has 2 heterocycles. The minimum Gasteiger partial charge on any atom is -0.391 e. The third-order valence-corrected chi connectivity index (χ3v) is 5.93. The summed E-state index contributed by atoms with van der Waals surface area (Å²) in [5, 5.41) is 16.8. The van der Waals surface area contributed by atoms with Crippen molar-refractivity contribution in [1.29, 1.82) is 0 Å². The SMILES string of the molecule is O=C1c2ccccc2[C@@H]2C[C@@H](O)[C@H](Nc3cccc4ccccc34)CCN12. The lowest BCUT2D eigenvalue weighted by Crippen LogP contribution is -2.33. The maximum atomic E-state index is 12.8. The molecular weight excluding hydrogens is 336 g/mol. The number of aliphatic hydroxyl groups excluding tert-OH is 1. The number of hydrogen-bond donors (Lipinski definition) is 2. The van der Waals surface area contributed by atoms with Gasteiger partial charge in [-0.15, -0.1) is 0 Å². The van der Waals surface area contributed by atoms with Crippen molar-refractivity contribution in [1.82, 2.24) is 4.90 Å². The molecule has 0 spiro atoms. The average molecular weight is 358 g/mol. The third kappa shape index (κ3) is 2.68. The average Bonchev–Trinajstić information content (AvgIpc) is 2.85. The van der Waals surface area contributed by atoms with Gasteiger partial charge in [0.1, 0.15) is 0 Å². The highest BCUT2D eigenvalue weighted by atomic mass is 16.3. The zero-order valence-corrected chi connectivity index (χ0v) is 15.0. The Balaban J connectivity index is 1.43. The monoisotopic (exact) mass is 358 g/mol. The Kier molecular flexibility index (Phi) is 3.87. The lowest BCUT2D eigenvalue weighted by atomic mass is 9.96. The van der Waals surface area contributed by atoms with Crippen LogP contribution in [0.5, 0.6) is 0 Å². The summed E-state index contributed by atoms with van der Waals surface area (Å²) < 4.78 is 0. The number of carbonyl (C=O) groups excluding carboxylic acids is 1. The Bertz CT molecular complexity index is 1010. The largest absolute Gasteiger partial charge is 0.391 e. The van der Waals surface area contributed by atoms with Crippen molar-refractivity contribution in [3.05, 3.63) is 77.9 Å². The molecule has 0 aliphatic carbocycles. The third-order valence-electron chi connectivity index (χ3n) is 5.93. The van der Waals surface area contributed by atoms with Gasteiger partial charge in [-0.25, -0.2) is 0 Å². The van der Waals surface area contributed by atoms with Crippen LogP contribution >= 0.6 is 0 Å². The fourth-order valence-corrected chi connectivity index (χ4v) is 4.54. The molecule has 0 radical (unpaired) electrons. The van der Waals surface area contributed by atoms with Crippen LogP contribution in [0.1, 0.15) is 34.8 Å². The first-order chi connectivity index (χ1) is 13.2. The minimum absolute atomic E-state index is 0.0250. The van der Waals surface area contributed by atoms with Crippen LogP contribution in [0.2, 0.25) is 0 Å². The molecular formula is C23H22N2O2. The van der Waals surface area contributed by atoms with Crippen molar-refractivity contribution >= 4 is 22.4 Å². The highest BCUT2D eigenvalue weighted by molar-refractivity contribution is 5.99. The van der Waals surface area contributed by atoms with Gasteiger partial charge in [0.2, 0.25) is 0 Å². The summed E-state index contributed by atoms with van der Waals surface area (Å²) >= 11 is 0. The minimum atomic E-state index is -0.516. The van der Waals surface area contributed by atoms with Crippen LogP contribution in [0.4, 0.5) is 5.69 Å². The number of nitrogens with one attached hydrogen (secondary N) is 1. The van der Waals surface area contributed by atoms with Crippen LogP contribution in [0, 0.1) is 0 Å². The van der Waals surface area contributed by atoms with E-state index in [4.69, 9.17) is 0 Å². The lowest BCUT2D eigenvalue weighted by Gasteiger charge is -2.24. The smallest absolute Gasteiger partial charge is 0.254 e. The maximum Gasteiger partial charge on any atom is 0.254 e. The zero-order chi connectivity index (χ0) is 18.4. The van der Waals surface area contributed by atoms with Gasteiger partial charge in [-0.3, -0.25) is 4.79 Å². The second-order valence-electron chi connectivity index (χ2n) is 7.47. The van der Waals surface area contributed by atoms with Crippen LogP contribution in [-0.4, -0.2) is 34.6 Å². The quantitative estimate of drug-likeness (QED) is 0.729. The van der Waals surface area contributed by atoms with Crippen molar-refractivity contribution in [2.45, 2.75) is 31.0 Å². The maximum absolute atomic E-state index is 12.8. The molecule has 0 aromatic heterocycles. The van der Waals surface area contributed by atoms with Gasteiger partial charge in [-0.05, 0) is 35.9 Å². The number of benzene rings is 3. The molecule has 3 aromatic carbocycles. The number of aliphatic hydroxyl groups is 1. The van der Waals surface area contributed by atoms with E-state index in [-0.39, 0.29) is 18.0 Å². The van der Waals surface area contributed by atoms with Gasteiger partial charge in [-0.2, -0.15) is 0 Å². The Morgan fingerprint density at radius 2 is 1.74 bits per heavy atom. The van der Waals surface area contributed by atoms with E-state index in [0.29, 0.717) is 13.0 Å². The second kappa shape index (κ2) is 6.39. The Morgan fingerprint density at radius 3 is 2.67 bits per heavy atom. The molecule has 2 aliphatic heterocycles.